The molecule has 2 unspecified atom stereocenters. The van der Waals surface area contributed by atoms with Crippen LogP contribution in [0.2, 0.25) is 0 Å². The summed E-state index contributed by atoms with van der Waals surface area (Å²) in [5.41, 5.74) is 13.0. The lowest BCUT2D eigenvalue weighted by Crippen LogP contribution is -2.40. The van der Waals surface area contributed by atoms with Gasteiger partial charge in [0.2, 0.25) is 0 Å². The molecular formula is C49H36N2. The number of aromatic nitrogens is 2. The Bertz CT molecular complexity index is 2510. The molecule has 2 atom stereocenters. The van der Waals surface area contributed by atoms with Crippen molar-refractivity contribution in [2.24, 2.45) is 5.41 Å². The molecule has 2 aromatic heterocycles. The van der Waals surface area contributed by atoms with Crippen molar-refractivity contribution in [3.05, 3.63) is 204 Å². The van der Waals surface area contributed by atoms with Crippen LogP contribution in [0.25, 0.3) is 67.7 Å². The van der Waals surface area contributed by atoms with Crippen LogP contribution < -0.4 is 10.4 Å². The highest BCUT2D eigenvalue weighted by atomic mass is 14.7. The van der Waals surface area contributed by atoms with Crippen LogP contribution in [0, 0.1) is 5.41 Å². The van der Waals surface area contributed by atoms with Crippen LogP contribution in [-0.4, -0.2) is 9.97 Å². The van der Waals surface area contributed by atoms with Gasteiger partial charge in [-0.3, -0.25) is 4.98 Å². The fourth-order valence-corrected chi connectivity index (χ4v) is 7.73. The van der Waals surface area contributed by atoms with Gasteiger partial charge in [0, 0.05) is 39.8 Å². The van der Waals surface area contributed by atoms with Crippen molar-refractivity contribution in [3.63, 3.8) is 0 Å². The average molecular weight is 653 g/mol. The maximum atomic E-state index is 5.18. The molecule has 0 amide bonds. The highest BCUT2D eigenvalue weighted by Gasteiger charge is 2.38. The van der Waals surface area contributed by atoms with Crippen molar-refractivity contribution in [2.45, 2.75) is 12.8 Å². The summed E-state index contributed by atoms with van der Waals surface area (Å²) >= 11 is 0. The molecule has 2 aliphatic carbocycles. The van der Waals surface area contributed by atoms with E-state index in [4.69, 9.17) is 9.97 Å². The number of fused-ring (bicyclic) bond motifs is 2. The molecule has 0 fully saturated rings. The van der Waals surface area contributed by atoms with Gasteiger partial charge in [-0.1, -0.05) is 165 Å². The van der Waals surface area contributed by atoms with Crippen LogP contribution >= 0.6 is 0 Å². The Balaban J connectivity index is 1.26. The number of hydrogen-bond donors (Lipinski definition) is 0. The first-order valence-electron chi connectivity index (χ1n) is 17.6. The predicted molar refractivity (Wildman–Crippen MR) is 212 cm³/mol. The minimum absolute atomic E-state index is 0.106. The summed E-state index contributed by atoms with van der Waals surface area (Å²) < 4.78 is 0. The van der Waals surface area contributed by atoms with Crippen LogP contribution in [0.5, 0.6) is 0 Å². The molecule has 0 bridgehead atoms. The van der Waals surface area contributed by atoms with Gasteiger partial charge in [0.15, 0.2) is 0 Å². The molecule has 0 aliphatic heterocycles. The van der Waals surface area contributed by atoms with E-state index in [9.17, 15) is 0 Å². The number of rotatable bonds is 6. The van der Waals surface area contributed by atoms with Gasteiger partial charge in [-0.25, -0.2) is 4.98 Å². The summed E-state index contributed by atoms with van der Waals surface area (Å²) in [6.45, 7) is 2.38. The quantitative estimate of drug-likeness (QED) is 0.179. The Hall–Kier alpha value is -6.38. The molecule has 51 heavy (non-hydrogen) atoms. The average Bonchev–Trinajstić information content (AvgIpc) is 3.21. The number of pyridine rings is 2. The third-order valence-corrected chi connectivity index (χ3v) is 10.4. The monoisotopic (exact) mass is 652 g/mol. The molecule has 0 saturated carbocycles. The summed E-state index contributed by atoms with van der Waals surface area (Å²) in [6.07, 6.45) is 13.5. The number of benzene rings is 5. The molecule has 2 nitrogen and oxygen atoms in total. The lowest BCUT2D eigenvalue weighted by molar-refractivity contribution is 0.519. The van der Waals surface area contributed by atoms with Crippen LogP contribution in [-0.2, 0) is 0 Å². The van der Waals surface area contributed by atoms with E-state index in [1.165, 1.54) is 21.6 Å². The standard InChI is InChI=1S/C49H36N2/c1-49-26-14-13-23-44(49)43-22-12-11-21-37(43)30-45(49)41-27-39(28-42(29-41)46-25-24-38(33-50-46)34-15-5-2-6-16-34)40-31-47(35-17-7-3-8-18-35)51-48(32-40)36-19-9-4-10-20-36/h2-33,45H,1H3. The molecule has 0 saturated heterocycles. The minimum Gasteiger partial charge on any atom is -0.256 e. The van der Waals surface area contributed by atoms with E-state index >= 15 is 0 Å². The molecule has 242 valence electrons. The molecule has 2 aliphatic rings. The molecule has 2 heteroatoms. The van der Waals surface area contributed by atoms with Crippen molar-refractivity contribution in [1.29, 1.82) is 0 Å². The Labute approximate surface area is 299 Å². The second-order valence-electron chi connectivity index (χ2n) is 13.6. The summed E-state index contributed by atoms with van der Waals surface area (Å²) in [6, 6.07) is 56.1. The maximum absolute atomic E-state index is 5.18. The SMILES string of the molecule is CC12C=CC=CC1=c1ccccc1=CC2c1cc(-c2cc(-c3ccccc3)nc(-c3ccccc3)c2)cc(-c2ccc(-c3ccccc3)cn2)c1. The minimum atomic E-state index is -0.216. The molecule has 7 aromatic rings. The highest BCUT2D eigenvalue weighted by Crippen LogP contribution is 2.49. The zero-order chi connectivity index (χ0) is 34.2. The molecule has 0 radical (unpaired) electrons. The van der Waals surface area contributed by atoms with E-state index in [0.717, 1.165) is 56.0 Å². The summed E-state index contributed by atoms with van der Waals surface area (Å²) in [5.74, 6) is 0.106. The predicted octanol–water partition coefficient (Wildman–Crippen LogP) is 10.7. The first-order chi connectivity index (χ1) is 25.1. The Morgan fingerprint density at radius 3 is 1.76 bits per heavy atom. The van der Waals surface area contributed by atoms with Crippen molar-refractivity contribution in [1.82, 2.24) is 9.97 Å². The van der Waals surface area contributed by atoms with Gasteiger partial charge in [-0.05, 0) is 68.6 Å². The lowest BCUT2D eigenvalue weighted by Gasteiger charge is -2.39. The van der Waals surface area contributed by atoms with Crippen molar-refractivity contribution in [2.75, 3.05) is 0 Å². The number of hydrogen-bond acceptors (Lipinski definition) is 2. The lowest BCUT2D eigenvalue weighted by atomic mass is 9.64. The van der Waals surface area contributed by atoms with Crippen LogP contribution in [0.3, 0.4) is 0 Å². The molecule has 9 rings (SSSR count). The smallest absolute Gasteiger partial charge is 0.0715 e. The van der Waals surface area contributed by atoms with E-state index in [1.807, 2.05) is 12.3 Å². The largest absolute Gasteiger partial charge is 0.256 e. The van der Waals surface area contributed by atoms with E-state index in [2.05, 4.69) is 189 Å². The molecule has 0 N–H and O–H groups in total. The number of allylic oxidation sites excluding steroid dienone is 4. The van der Waals surface area contributed by atoms with Crippen molar-refractivity contribution < 1.29 is 0 Å². The van der Waals surface area contributed by atoms with Crippen LogP contribution in [0.15, 0.2) is 188 Å². The third kappa shape index (κ3) is 5.75. The summed E-state index contributed by atoms with van der Waals surface area (Å²) in [4.78, 5) is 10.2. The van der Waals surface area contributed by atoms with Crippen LogP contribution in [0.1, 0.15) is 18.4 Å². The van der Waals surface area contributed by atoms with Gasteiger partial charge < -0.3 is 0 Å². The Morgan fingerprint density at radius 2 is 1.10 bits per heavy atom. The zero-order valence-corrected chi connectivity index (χ0v) is 28.4. The molecule has 2 heterocycles. The van der Waals surface area contributed by atoms with Gasteiger partial charge in [-0.15, -0.1) is 0 Å². The van der Waals surface area contributed by atoms with E-state index in [1.54, 1.807) is 0 Å². The van der Waals surface area contributed by atoms with Gasteiger partial charge in [0.25, 0.3) is 0 Å². The van der Waals surface area contributed by atoms with Gasteiger partial charge >= 0.3 is 0 Å². The first-order valence-corrected chi connectivity index (χ1v) is 17.6. The van der Waals surface area contributed by atoms with Gasteiger partial charge in [0.1, 0.15) is 0 Å². The Morgan fingerprint density at radius 1 is 0.490 bits per heavy atom. The van der Waals surface area contributed by atoms with E-state index in [0.29, 0.717) is 0 Å². The zero-order valence-electron chi connectivity index (χ0n) is 28.4. The number of nitrogens with zero attached hydrogens (tertiary/aromatic N) is 2. The second kappa shape index (κ2) is 12.8. The first kappa shape index (κ1) is 30.7. The topological polar surface area (TPSA) is 25.8 Å². The highest BCUT2D eigenvalue weighted by molar-refractivity contribution is 5.82. The molecular weight excluding hydrogens is 617 g/mol. The van der Waals surface area contributed by atoms with Crippen molar-refractivity contribution in [3.8, 4) is 56.0 Å². The normalized spacial score (nSPS) is 17.4. The second-order valence-corrected chi connectivity index (χ2v) is 13.6. The van der Waals surface area contributed by atoms with E-state index < -0.39 is 0 Å². The third-order valence-electron chi connectivity index (χ3n) is 10.4. The molecule has 5 aromatic carbocycles. The fourth-order valence-electron chi connectivity index (χ4n) is 7.73. The molecule has 0 spiro atoms. The van der Waals surface area contributed by atoms with Crippen molar-refractivity contribution >= 4 is 11.6 Å². The summed E-state index contributed by atoms with van der Waals surface area (Å²) in [5, 5.41) is 2.58. The maximum Gasteiger partial charge on any atom is 0.0715 e. The van der Waals surface area contributed by atoms with Gasteiger partial charge in [0.05, 0.1) is 17.1 Å². The van der Waals surface area contributed by atoms with Gasteiger partial charge in [-0.2, -0.15) is 0 Å². The summed E-state index contributed by atoms with van der Waals surface area (Å²) in [7, 11) is 0. The van der Waals surface area contributed by atoms with E-state index in [-0.39, 0.29) is 11.3 Å². The fraction of sp³-hybridized carbons (Fsp3) is 0.0612. The van der Waals surface area contributed by atoms with Crippen LogP contribution in [0.4, 0.5) is 0 Å². The Kier molecular flexibility index (Phi) is 7.71.